The minimum Gasteiger partial charge on any atom is -0.466 e. The quantitative estimate of drug-likeness (QED) is 0.361. The minimum absolute atomic E-state index is 0.0485. The minimum atomic E-state index is -0.805. The molecule has 11 nitrogen and oxygen atoms in total. The number of rotatable bonds is 7. The monoisotopic (exact) mass is 449 g/mol. The van der Waals surface area contributed by atoms with E-state index in [-0.39, 0.29) is 42.5 Å². The van der Waals surface area contributed by atoms with Gasteiger partial charge >= 0.3 is 18.0 Å². The van der Waals surface area contributed by atoms with Crippen LogP contribution in [-0.4, -0.2) is 58.1 Å². The number of anilines is 1. The summed E-state index contributed by atoms with van der Waals surface area (Å²) in [7, 11) is 2.35. The molecule has 0 atom stereocenters. The number of hydrogen-bond acceptors (Lipinski definition) is 9. The molecule has 1 aromatic rings. The Morgan fingerprint density at radius 1 is 1.06 bits per heavy atom. The van der Waals surface area contributed by atoms with E-state index >= 15 is 0 Å². The Balaban J connectivity index is 2.26. The van der Waals surface area contributed by atoms with Crippen LogP contribution in [0.1, 0.15) is 30.6 Å². The van der Waals surface area contributed by atoms with Gasteiger partial charge in [0.1, 0.15) is 12.4 Å². The number of benzene rings is 1. The Bertz CT molecular complexity index is 897. The molecule has 0 fully saturated rings. The molecule has 2 rings (SSSR count). The molecule has 0 spiro atoms. The number of nitrogens with one attached hydrogen (secondary N) is 2. The van der Waals surface area contributed by atoms with Gasteiger partial charge in [-0.15, -0.1) is 0 Å². The van der Waals surface area contributed by atoms with Gasteiger partial charge in [-0.2, -0.15) is 0 Å². The lowest BCUT2D eigenvalue weighted by Crippen LogP contribution is -2.43. The number of carbonyl (C=O) groups is 4. The summed E-state index contributed by atoms with van der Waals surface area (Å²) in [5.41, 5.74) is 4.64. The molecular formula is C21H27N3O8. The van der Waals surface area contributed by atoms with Gasteiger partial charge in [0, 0.05) is 0 Å². The van der Waals surface area contributed by atoms with Crippen LogP contribution < -0.4 is 15.8 Å². The number of hydrogen-bond donors (Lipinski definition) is 2. The van der Waals surface area contributed by atoms with Crippen molar-refractivity contribution in [2.45, 2.75) is 20.3 Å². The topological polar surface area (TPSA) is 133 Å². The smallest absolute Gasteiger partial charge is 0.426 e. The number of esters is 2. The molecule has 0 saturated heterocycles. The second-order valence-electron chi connectivity index (χ2n) is 7.13. The molecule has 2 amide bonds. The molecule has 0 unspecified atom stereocenters. The van der Waals surface area contributed by atoms with E-state index in [0.29, 0.717) is 12.3 Å². The van der Waals surface area contributed by atoms with Gasteiger partial charge in [0.15, 0.2) is 0 Å². The fourth-order valence-corrected chi connectivity index (χ4v) is 2.83. The van der Waals surface area contributed by atoms with E-state index in [9.17, 15) is 19.2 Å². The van der Waals surface area contributed by atoms with Gasteiger partial charge in [-0.1, -0.05) is 26.0 Å². The molecule has 0 radical (unpaired) electrons. The van der Waals surface area contributed by atoms with Crippen LogP contribution in [0.3, 0.4) is 0 Å². The van der Waals surface area contributed by atoms with Crippen LogP contribution in [0.2, 0.25) is 0 Å². The third-order valence-electron chi connectivity index (χ3n) is 4.48. The van der Waals surface area contributed by atoms with E-state index in [2.05, 4.69) is 10.9 Å². The van der Waals surface area contributed by atoms with Gasteiger partial charge < -0.3 is 23.8 Å². The highest BCUT2D eigenvalue weighted by Gasteiger charge is 2.34. The van der Waals surface area contributed by atoms with E-state index in [0.717, 1.165) is 0 Å². The molecule has 0 bridgehead atoms. The van der Waals surface area contributed by atoms with Crippen molar-refractivity contribution < 1.29 is 38.1 Å². The maximum Gasteiger partial charge on any atom is 0.426 e. The van der Waals surface area contributed by atoms with Crippen molar-refractivity contribution in [2.75, 3.05) is 39.1 Å². The van der Waals surface area contributed by atoms with E-state index < -0.39 is 23.9 Å². The summed E-state index contributed by atoms with van der Waals surface area (Å²) in [5.74, 6) is -1.86. The Morgan fingerprint density at radius 2 is 1.75 bits per heavy atom. The first-order valence-electron chi connectivity index (χ1n) is 9.87. The zero-order valence-electron chi connectivity index (χ0n) is 18.4. The molecule has 0 aromatic heterocycles. The highest BCUT2D eigenvalue weighted by molar-refractivity contribution is 6.06. The first-order chi connectivity index (χ1) is 15.3. The number of carbonyl (C=O) groups excluding carboxylic acids is 4. The highest BCUT2D eigenvalue weighted by Crippen LogP contribution is 2.29. The van der Waals surface area contributed by atoms with Crippen molar-refractivity contribution in [3.05, 3.63) is 41.1 Å². The molecule has 1 aliphatic heterocycles. The largest absolute Gasteiger partial charge is 0.466 e. The molecule has 1 aromatic carbocycles. The molecule has 0 saturated carbocycles. The molecule has 174 valence electrons. The normalized spacial score (nSPS) is 13.5. The summed E-state index contributed by atoms with van der Waals surface area (Å²) >= 11 is 0. The lowest BCUT2D eigenvalue weighted by atomic mass is 10.1. The Morgan fingerprint density at radius 3 is 2.41 bits per heavy atom. The van der Waals surface area contributed by atoms with Gasteiger partial charge in [0.25, 0.3) is 5.91 Å². The van der Waals surface area contributed by atoms with Gasteiger partial charge in [-0.05, 0) is 24.5 Å². The molecule has 2 N–H and O–H groups in total. The summed E-state index contributed by atoms with van der Waals surface area (Å²) in [6.45, 7) is 3.91. The van der Waals surface area contributed by atoms with E-state index in [4.69, 9.17) is 18.9 Å². The molecule has 0 aliphatic carbocycles. The average molecular weight is 449 g/mol. The van der Waals surface area contributed by atoms with Crippen LogP contribution >= 0.6 is 0 Å². The Hall–Kier alpha value is -3.60. The van der Waals surface area contributed by atoms with Crippen molar-refractivity contribution in [3.63, 3.8) is 0 Å². The summed E-state index contributed by atoms with van der Waals surface area (Å²) in [6, 6.07) is 6.29. The van der Waals surface area contributed by atoms with Gasteiger partial charge in [-0.25, -0.2) is 19.8 Å². The Labute approximate surface area is 185 Å². The predicted octanol–water partition coefficient (Wildman–Crippen LogP) is 1.50. The first kappa shape index (κ1) is 24.7. The van der Waals surface area contributed by atoms with Crippen molar-refractivity contribution in [3.8, 4) is 0 Å². The maximum absolute atomic E-state index is 12.7. The van der Waals surface area contributed by atoms with Crippen LogP contribution in [0.5, 0.6) is 0 Å². The number of para-hydroxylation sites is 1. The number of amides is 2. The van der Waals surface area contributed by atoms with Crippen LogP contribution in [0, 0.1) is 5.92 Å². The second kappa shape index (κ2) is 11.7. The molecule has 1 heterocycles. The average Bonchev–Trinajstić information content (AvgIpc) is 2.80. The standard InChI is InChI=1S/C21H27N3O8/c1-13(2)9-10-32-21(28)23-22-18(25)14-7-5-6-8-16(14)24-12-31-11-15(19(26)29-3)17(24)20(27)30-4/h5-8,13H,9-12H2,1-4H3,(H,22,25)(H,23,28). The summed E-state index contributed by atoms with van der Waals surface area (Å²) in [5, 5.41) is 0. The summed E-state index contributed by atoms with van der Waals surface area (Å²) < 4.78 is 20.0. The molecular weight excluding hydrogens is 422 g/mol. The summed E-state index contributed by atoms with van der Waals surface area (Å²) in [4.78, 5) is 50.5. The van der Waals surface area contributed by atoms with Crippen molar-refractivity contribution in [1.82, 2.24) is 10.9 Å². The van der Waals surface area contributed by atoms with E-state index in [1.165, 1.54) is 25.2 Å². The van der Waals surface area contributed by atoms with Crippen molar-refractivity contribution >= 4 is 29.6 Å². The third-order valence-corrected chi connectivity index (χ3v) is 4.48. The van der Waals surface area contributed by atoms with Crippen molar-refractivity contribution in [2.24, 2.45) is 5.92 Å². The number of hydrazine groups is 1. The number of nitrogens with zero attached hydrogens (tertiary/aromatic N) is 1. The zero-order valence-corrected chi connectivity index (χ0v) is 18.4. The maximum atomic E-state index is 12.7. The van der Waals surface area contributed by atoms with Crippen molar-refractivity contribution in [1.29, 1.82) is 0 Å². The molecule has 32 heavy (non-hydrogen) atoms. The lowest BCUT2D eigenvalue weighted by Gasteiger charge is -2.32. The fraction of sp³-hybridized carbons (Fsp3) is 0.429. The van der Waals surface area contributed by atoms with Crippen LogP contribution in [0.15, 0.2) is 35.5 Å². The Kier molecular flexibility index (Phi) is 9.02. The highest BCUT2D eigenvalue weighted by atomic mass is 16.6. The molecule has 1 aliphatic rings. The number of methoxy groups -OCH3 is 2. The SMILES string of the molecule is COC(=O)C1=C(C(=O)OC)N(c2ccccc2C(=O)NNC(=O)OCCC(C)C)COC1. The third kappa shape index (κ3) is 6.20. The van der Waals surface area contributed by atoms with Gasteiger partial charge in [-0.3, -0.25) is 10.2 Å². The first-order valence-corrected chi connectivity index (χ1v) is 9.87. The van der Waals surface area contributed by atoms with Crippen LogP contribution in [-0.2, 0) is 28.5 Å². The van der Waals surface area contributed by atoms with E-state index in [1.807, 2.05) is 13.8 Å². The lowest BCUT2D eigenvalue weighted by molar-refractivity contribution is -0.140. The van der Waals surface area contributed by atoms with Gasteiger partial charge in [0.05, 0.1) is 44.3 Å². The number of ether oxygens (including phenoxy) is 4. The van der Waals surface area contributed by atoms with Crippen LogP contribution in [0.25, 0.3) is 0 Å². The zero-order chi connectivity index (χ0) is 23.7. The predicted molar refractivity (Wildman–Crippen MR) is 112 cm³/mol. The van der Waals surface area contributed by atoms with Gasteiger partial charge in [0.2, 0.25) is 0 Å². The summed E-state index contributed by atoms with van der Waals surface area (Å²) in [6.07, 6.45) is -0.120. The fourth-order valence-electron chi connectivity index (χ4n) is 2.83. The van der Waals surface area contributed by atoms with Crippen LogP contribution in [0.4, 0.5) is 10.5 Å². The second-order valence-corrected chi connectivity index (χ2v) is 7.13. The van der Waals surface area contributed by atoms with E-state index in [1.54, 1.807) is 18.2 Å². The molecule has 11 heteroatoms.